The Morgan fingerprint density at radius 2 is 2.14 bits per heavy atom. The Hall–Kier alpha value is -1.10. The van der Waals surface area contributed by atoms with Crippen LogP contribution in [0.2, 0.25) is 0 Å². The van der Waals surface area contributed by atoms with Crippen molar-refractivity contribution in [2.24, 2.45) is 5.73 Å². The third kappa shape index (κ3) is 4.70. The van der Waals surface area contributed by atoms with Crippen LogP contribution in [0.3, 0.4) is 0 Å². The molecule has 1 aliphatic rings. The molecular weight excluding hydrogens is 286 g/mol. The number of likely N-dealkylation sites (tertiary alicyclic amines) is 1. The number of rotatable bonds is 5. The zero-order chi connectivity index (χ0) is 14.5. The molecule has 21 heavy (non-hydrogen) atoms. The molecule has 2 N–H and O–H groups in total. The Bertz CT molecular complexity index is 467. The minimum absolute atomic E-state index is 0. The molecule has 118 valence electrons. The summed E-state index contributed by atoms with van der Waals surface area (Å²) in [5.41, 5.74) is 8.19. The van der Waals surface area contributed by atoms with Gasteiger partial charge in [-0.15, -0.1) is 12.4 Å². The van der Waals surface area contributed by atoms with E-state index in [0.29, 0.717) is 25.7 Å². The van der Waals surface area contributed by atoms with E-state index < -0.39 is 0 Å². The van der Waals surface area contributed by atoms with Crippen LogP contribution in [0.25, 0.3) is 0 Å². The summed E-state index contributed by atoms with van der Waals surface area (Å²) in [5, 5.41) is 0. The zero-order valence-electron chi connectivity index (χ0n) is 12.9. The summed E-state index contributed by atoms with van der Waals surface area (Å²) in [6, 6.07) is 8.59. The number of hydrogen-bond donors (Lipinski definition) is 1. The Morgan fingerprint density at radius 3 is 2.81 bits per heavy atom. The quantitative estimate of drug-likeness (QED) is 0.902. The maximum absolute atomic E-state index is 12.3. The van der Waals surface area contributed by atoms with Gasteiger partial charge in [-0.3, -0.25) is 9.69 Å². The summed E-state index contributed by atoms with van der Waals surface area (Å²) in [6.45, 7) is 4.88. The minimum atomic E-state index is 0. The van der Waals surface area contributed by atoms with Crippen molar-refractivity contribution in [3.05, 3.63) is 35.4 Å². The fourth-order valence-electron chi connectivity index (χ4n) is 2.80. The van der Waals surface area contributed by atoms with E-state index in [4.69, 9.17) is 5.73 Å². The van der Waals surface area contributed by atoms with Crippen LogP contribution in [0.5, 0.6) is 0 Å². The lowest BCUT2D eigenvalue weighted by Gasteiger charge is -2.26. The molecule has 1 heterocycles. The first kappa shape index (κ1) is 18.0. The van der Waals surface area contributed by atoms with Crippen LogP contribution in [0, 0.1) is 6.92 Å². The van der Waals surface area contributed by atoms with Gasteiger partial charge in [0.1, 0.15) is 0 Å². The number of hydrogen-bond acceptors (Lipinski definition) is 3. The number of nitrogens with two attached hydrogens (primary N) is 1. The lowest BCUT2D eigenvalue weighted by atomic mass is 10.1. The SMILES string of the molecule is Cc1ccccc1CN(C)C(=O)CN1CCCC1CN.Cl. The number of benzene rings is 1. The molecular formula is C16H26ClN3O. The molecule has 2 rings (SSSR count). The number of amides is 1. The standard InChI is InChI=1S/C16H25N3O.ClH/c1-13-6-3-4-7-14(13)11-18(2)16(20)12-19-9-5-8-15(19)10-17;/h3-4,6-7,15H,5,8-12,17H2,1-2H3;1H. The van der Waals surface area contributed by atoms with Crippen molar-refractivity contribution in [1.82, 2.24) is 9.80 Å². The van der Waals surface area contributed by atoms with Crippen LogP contribution in [-0.4, -0.2) is 48.4 Å². The fraction of sp³-hybridized carbons (Fsp3) is 0.562. The Kier molecular flexibility index (Phi) is 7.15. The van der Waals surface area contributed by atoms with Gasteiger partial charge in [0.2, 0.25) is 5.91 Å². The van der Waals surface area contributed by atoms with Crippen molar-refractivity contribution in [3.8, 4) is 0 Å². The monoisotopic (exact) mass is 311 g/mol. The van der Waals surface area contributed by atoms with Crippen molar-refractivity contribution in [2.45, 2.75) is 32.4 Å². The number of nitrogens with zero attached hydrogens (tertiary/aromatic N) is 2. The first-order valence-electron chi connectivity index (χ1n) is 7.34. The van der Waals surface area contributed by atoms with Crippen molar-refractivity contribution in [1.29, 1.82) is 0 Å². The normalized spacial score (nSPS) is 18.3. The van der Waals surface area contributed by atoms with Crippen LogP contribution in [0.4, 0.5) is 0 Å². The smallest absolute Gasteiger partial charge is 0.236 e. The van der Waals surface area contributed by atoms with E-state index in [1.807, 2.05) is 24.1 Å². The van der Waals surface area contributed by atoms with Gasteiger partial charge in [0.25, 0.3) is 0 Å². The van der Waals surface area contributed by atoms with Crippen LogP contribution in [0.15, 0.2) is 24.3 Å². The lowest BCUT2D eigenvalue weighted by molar-refractivity contribution is -0.131. The average Bonchev–Trinajstić information content (AvgIpc) is 2.88. The van der Waals surface area contributed by atoms with Gasteiger partial charge in [0.05, 0.1) is 6.54 Å². The van der Waals surface area contributed by atoms with Crippen molar-refractivity contribution in [2.75, 3.05) is 26.7 Å². The van der Waals surface area contributed by atoms with Crippen molar-refractivity contribution < 1.29 is 4.79 Å². The first-order valence-corrected chi connectivity index (χ1v) is 7.34. The Balaban J connectivity index is 0.00000220. The van der Waals surface area contributed by atoms with Gasteiger partial charge < -0.3 is 10.6 Å². The van der Waals surface area contributed by atoms with Gasteiger partial charge in [-0.05, 0) is 37.4 Å². The highest BCUT2D eigenvalue weighted by atomic mass is 35.5. The van der Waals surface area contributed by atoms with E-state index in [1.54, 1.807) is 0 Å². The lowest BCUT2D eigenvalue weighted by Crippen LogP contribution is -2.43. The van der Waals surface area contributed by atoms with Crippen LogP contribution in [0.1, 0.15) is 24.0 Å². The maximum Gasteiger partial charge on any atom is 0.236 e. The van der Waals surface area contributed by atoms with E-state index in [1.165, 1.54) is 11.1 Å². The van der Waals surface area contributed by atoms with E-state index in [2.05, 4.69) is 24.0 Å². The second-order valence-electron chi connectivity index (χ2n) is 5.68. The maximum atomic E-state index is 12.3. The summed E-state index contributed by atoms with van der Waals surface area (Å²) in [4.78, 5) is 16.4. The highest BCUT2D eigenvalue weighted by Gasteiger charge is 2.25. The van der Waals surface area contributed by atoms with Crippen molar-refractivity contribution >= 4 is 18.3 Å². The summed E-state index contributed by atoms with van der Waals surface area (Å²) >= 11 is 0. The molecule has 5 heteroatoms. The molecule has 0 radical (unpaired) electrons. The molecule has 1 saturated heterocycles. The number of aryl methyl sites for hydroxylation is 1. The third-order valence-electron chi connectivity index (χ3n) is 4.20. The molecule has 0 saturated carbocycles. The molecule has 1 aromatic rings. The molecule has 1 aromatic carbocycles. The molecule has 0 aliphatic carbocycles. The molecule has 1 aliphatic heterocycles. The molecule has 1 atom stereocenters. The summed E-state index contributed by atoms with van der Waals surface area (Å²) in [5.74, 6) is 0.175. The second-order valence-corrected chi connectivity index (χ2v) is 5.68. The van der Waals surface area contributed by atoms with Gasteiger partial charge in [-0.25, -0.2) is 0 Å². The van der Waals surface area contributed by atoms with E-state index >= 15 is 0 Å². The number of halogens is 1. The average molecular weight is 312 g/mol. The minimum Gasteiger partial charge on any atom is -0.340 e. The van der Waals surface area contributed by atoms with Crippen LogP contribution in [-0.2, 0) is 11.3 Å². The van der Waals surface area contributed by atoms with Gasteiger partial charge in [-0.2, -0.15) is 0 Å². The number of carbonyl (C=O) groups excluding carboxylic acids is 1. The largest absolute Gasteiger partial charge is 0.340 e. The van der Waals surface area contributed by atoms with Gasteiger partial charge in [0, 0.05) is 26.2 Å². The topological polar surface area (TPSA) is 49.6 Å². The Labute approximate surface area is 133 Å². The number of likely N-dealkylation sites (N-methyl/N-ethyl adjacent to an activating group) is 1. The summed E-state index contributed by atoms with van der Waals surface area (Å²) < 4.78 is 0. The predicted molar refractivity (Wildman–Crippen MR) is 88.6 cm³/mol. The van der Waals surface area contributed by atoms with E-state index in [-0.39, 0.29) is 18.3 Å². The third-order valence-corrected chi connectivity index (χ3v) is 4.20. The molecule has 1 unspecified atom stereocenters. The molecule has 0 spiro atoms. The van der Waals surface area contributed by atoms with Crippen LogP contribution >= 0.6 is 12.4 Å². The second kappa shape index (κ2) is 8.37. The highest BCUT2D eigenvalue weighted by Crippen LogP contribution is 2.16. The molecule has 0 bridgehead atoms. The summed E-state index contributed by atoms with van der Waals surface area (Å²) in [6.07, 6.45) is 2.27. The zero-order valence-corrected chi connectivity index (χ0v) is 13.7. The van der Waals surface area contributed by atoms with Gasteiger partial charge in [-0.1, -0.05) is 24.3 Å². The summed E-state index contributed by atoms with van der Waals surface area (Å²) in [7, 11) is 1.88. The van der Waals surface area contributed by atoms with Gasteiger partial charge in [0.15, 0.2) is 0 Å². The highest BCUT2D eigenvalue weighted by molar-refractivity contribution is 5.85. The molecule has 1 amide bonds. The number of carbonyl (C=O) groups is 1. The van der Waals surface area contributed by atoms with Gasteiger partial charge >= 0.3 is 0 Å². The van der Waals surface area contributed by atoms with Crippen molar-refractivity contribution in [3.63, 3.8) is 0 Å². The van der Waals surface area contributed by atoms with E-state index in [0.717, 1.165) is 19.4 Å². The first-order chi connectivity index (χ1) is 9.61. The molecule has 1 fully saturated rings. The molecule has 0 aromatic heterocycles. The van der Waals surface area contributed by atoms with E-state index in [9.17, 15) is 4.79 Å². The fourth-order valence-corrected chi connectivity index (χ4v) is 2.80. The Morgan fingerprint density at radius 1 is 1.43 bits per heavy atom. The predicted octanol–water partition coefficient (Wildman–Crippen LogP) is 1.80. The van der Waals surface area contributed by atoms with Crippen LogP contribution < -0.4 is 5.73 Å². The molecule has 4 nitrogen and oxygen atoms in total.